The van der Waals surface area contributed by atoms with Gasteiger partial charge in [0.15, 0.2) is 5.13 Å². The maximum Gasteiger partial charge on any atom is 0.292 e. The Hall–Kier alpha value is -1.96. The van der Waals surface area contributed by atoms with Crippen molar-refractivity contribution < 1.29 is 9.32 Å². The van der Waals surface area contributed by atoms with Crippen LogP contribution in [0.2, 0.25) is 0 Å². The topological polar surface area (TPSA) is 107 Å². The zero-order valence-corrected chi connectivity index (χ0v) is 9.46. The van der Waals surface area contributed by atoms with E-state index in [0.29, 0.717) is 15.7 Å². The van der Waals surface area contributed by atoms with Gasteiger partial charge in [-0.1, -0.05) is 16.5 Å². The molecule has 2 heterocycles. The van der Waals surface area contributed by atoms with Crippen LogP contribution in [0.5, 0.6) is 0 Å². The van der Waals surface area contributed by atoms with Crippen LogP contribution in [0.3, 0.4) is 0 Å². The molecule has 0 aliphatic heterocycles. The highest BCUT2D eigenvalue weighted by Crippen LogP contribution is 2.29. The summed E-state index contributed by atoms with van der Waals surface area (Å²) in [5.74, 6) is -0.153. The lowest BCUT2D eigenvalue weighted by molar-refractivity contribution is 0.0950. The van der Waals surface area contributed by atoms with Crippen molar-refractivity contribution in [3.8, 4) is 10.8 Å². The lowest BCUT2D eigenvalue weighted by atomic mass is 10.4. The third kappa shape index (κ3) is 1.74. The van der Waals surface area contributed by atoms with Gasteiger partial charge in [0.2, 0.25) is 0 Å². The molecule has 2 aromatic rings. The summed E-state index contributed by atoms with van der Waals surface area (Å²) in [5.41, 5.74) is 6.25. The molecule has 0 atom stereocenters. The number of nitrogens with one attached hydrogen (secondary N) is 1. The fourth-order valence-electron chi connectivity index (χ4n) is 1.14. The average molecular weight is 239 g/mol. The first-order valence-electron chi connectivity index (χ1n) is 4.41. The number of nitrogen functional groups attached to an aromatic ring is 1. The average Bonchev–Trinajstić information content (AvgIpc) is 2.83. The van der Waals surface area contributed by atoms with Crippen molar-refractivity contribution >= 4 is 22.4 Å². The van der Waals surface area contributed by atoms with E-state index in [4.69, 9.17) is 10.3 Å². The van der Waals surface area contributed by atoms with Gasteiger partial charge in [-0.2, -0.15) is 4.98 Å². The monoisotopic (exact) mass is 239 g/mol. The molecule has 1 amide bonds. The van der Waals surface area contributed by atoms with Crippen molar-refractivity contribution in [1.82, 2.24) is 20.4 Å². The molecular formula is C8H9N5O2S. The number of carbonyl (C=O) groups is 1. The Bertz CT molecular complexity index is 532. The lowest BCUT2D eigenvalue weighted by Gasteiger charge is -1.88. The van der Waals surface area contributed by atoms with E-state index >= 15 is 0 Å². The van der Waals surface area contributed by atoms with E-state index in [1.54, 1.807) is 6.92 Å². The second kappa shape index (κ2) is 3.89. The molecule has 0 spiro atoms. The van der Waals surface area contributed by atoms with E-state index in [9.17, 15) is 4.79 Å². The van der Waals surface area contributed by atoms with Crippen molar-refractivity contribution in [2.45, 2.75) is 6.92 Å². The van der Waals surface area contributed by atoms with E-state index in [1.807, 2.05) is 0 Å². The van der Waals surface area contributed by atoms with E-state index in [-0.39, 0.29) is 11.7 Å². The number of amides is 1. The molecule has 16 heavy (non-hydrogen) atoms. The summed E-state index contributed by atoms with van der Waals surface area (Å²) in [7, 11) is 1.49. The first-order valence-corrected chi connectivity index (χ1v) is 5.22. The van der Waals surface area contributed by atoms with Crippen LogP contribution < -0.4 is 11.1 Å². The van der Waals surface area contributed by atoms with E-state index < -0.39 is 5.91 Å². The van der Waals surface area contributed by atoms with Gasteiger partial charge in [0.25, 0.3) is 17.6 Å². The molecular weight excluding hydrogens is 230 g/mol. The van der Waals surface area contributed by atoms with Crippen LogP contribution in [0, 0.1) is 6.92 Å². The van der Waals surface area contributed by atoms with E-state index in [0.717, 1.165) is 0 Å². The van der Waals surface area contributed by atoms with Crippen LogP contribution in [0.4, 0.5) is 5.13 Å². The number of rotatable bonds is 2. The fraction of sp³-hybridized carbons (Fsp3) is 0.250. The zero-order chi connectivity index (χ0) is 11.7. The quantitative estimate of drug-likeness (QED) is 0.787. The number of aryl methyl sites for hydroxylation is 1. The summed E-state index contributed by atoms with van der Waals surface area (Å²) < 4.78 is 4.96. The number of hydrogen-bond donors (Lipinski definition) is 2. The van der Waals surface area contributed by atoms with Gasteiger partial charge in [-0.25, -0.2) is 4.98 Å². The minimum absolute atomic E-state index is 0.0103. The molecule has 84 valence electrons. The second-order valence-corrected chi connectivity index (χ2v) is 4.00. The molecule has 0 bridgehead atoms. The van der Waals surface area contributed by atoms with Crippen molar-refractivity contribution in [1.29, 1.82) is 0 Å². The summed E-state index contributed by atoms with van der Waals surface area (Å²) in [4.78, 5) is 19.9. The molecule has 0 saturated carbocycles. The van der Waals surface area contributed by atoms with Crippen LogP contribution in [-0.4, -0.2) is 28.1 Å². The number of nitrogens with two attached hydrogens (primary N) is 1. The molecule has 0 aromatic carbocycles. The highest BCUT2D eigenvalue weighted by Gasteiger charge is 2.18. The number of hydrogen-bond acceptors (Lipinski definition) is 7. The predicted molar refractivity (Wildman–Crippen MR) is 57.9 cm³/mol. The van der Waals surface area contributed by atoms with Crippen molar-refractivity contribution in [2.75, 3.05) is 12.8 Å². The van der Waals surface area contributed by atoms with Gasteiger partial charge >= 0.3 is 0 Å². The van der Waals surface area contributed by atoms with Crippen molar-refractivity contribution in [3.63, 3.8) is 0 Å². The highest BCUT2D eigenvalue weighted by atomic mass is 32.1. The van der Waals surface area contributed by atoms with Crippen LogP contribution in [0.15, 0.2) is 4.52 Å². The Labute approximate surface area is 94.7 Å². The molecule has 0 aliphatic rings. The molecule has 8 heteroatoms. The van der Waals surface area contributed by atoms with Crippen LogP contribution in [-0.2, 0) is 0 Å². The molecule has 0 unspecified atom stereocenters. The number of aromatic nitrogens is 3. The van der Waals surface area contributed by atoms with Gasteiger partial charge in [-0.3, -0.25) is 4.79 Å². The third-order valence-electron chi connectivity index (χ3n) is 1.86. The maximum atomic E-state index is 11.2. The Balaban J connectivity index is 2.38. The first-order chi connectivity index (χ1) is 7.61. The van der Waals surface area contributed by atoms with Gasteiger partial charge in [0, 0.05) is 7.05 Å². The normalized spacial score (nSPS) is 10.4. The predicted octanol–water partition coefficient (Wildman–Crippen LogP) is 0.443. The smallest absolute Gasteiger partial charge is 0.292 e. The standard InChI is InChI=1S/C8H9N5O2S/c1-3-4(16-8(9)11-3)7-12-5(13-15-7)6(14)10-2/h1-2H3,(H2,9,11)(H,10,14). The van der Waals surface area contributed by atoms with Crippen LogP contribution >= 0.6 is 11.3 Å². The summed E-state index contributed by atoms with van der Waals surface area (Å²) in [6.45, 7) is 1.78. The van der Waals surface area contributed by atoms with E-state index in [2.05, 4.69) is 20.4 Å². The first kappa shape index (κ1) is 10.6. The number of anilines is 1. The third-order valence-corrected chi connectivity index (χ3v) is 2.84. The molecule has 3 N–H and O–H groups in total. The summed E-state index contributed by atoms with van der Waals surface area (Å²) in [6, 6.07) is 0. The van der Waals surface area contributed by atoms with Gasteiger partial charge in [0.05, 0.1) is 5.69 Å². The fourth-order valence-corrected chi connectivity index (χ4v) is 1.89. The molecule has 2 aromatic heterocycles. The minimum Gasteiger partial charge on any atom is -0.375 e. The molecule has 0 fully saturated rings. The summed E-state index contributed by atoms with van der Waals surface area (Å²) in [6.07, 6.45) is 0. The van der Waals surface area contributed by atoms with Gasteiger partial charge in [-0.15, -0.1) is 0 Å². The summed E-state index contributed by atoms with van der Waals surface area (Å²) in [5, 5.41) is 6.38. The second-order valence-electron chi connectivity index (χ2n) is 2.97. The van der Waals surface area contributed by atoms with Gasteiger partial charge in [-0.05, 0) is 6.92 Å². The Morgan fingerprint density at radius 2 is 2.25 bits per heavy atom. The summed E-state index contributed by atoms with van der Waals surface area (Å²) >= 11 is 1.24. The molecule has 7 nitrogen and oxygen atoms in total. The Morgan fingerprint density at radius 3 is 2.81 bits per heavy atom. The molecule has 0 saturated heterocycles. The maximum absolute atomic E-state index is 11.2. The molecule has 0 radical (unpaired) electrons. The van der Waals surface area contributed by atoms with Crippen molar-refractivity contribution in [3.05, 3.63) is 11.5 Å². The van der Waals surface area contributed by atoms with Gasteiger partial charge < -0.3 is 15.6 Å². The van der Waals surface area contributed by atoms with Crippen molar-refractivity contribution in [2.24, 2.45) is 0 Å². The minimum atomic E-state index is -0.398. The SMILES string of the molecule is CNC(=O)c1noc(-c2sc(N)nc2C)n1. The number of thiazole rings is 1. The number of carbonyl (C=O) groups excluding carboxylic acids is 1. The zero-order valence-electron chi connectivity index (χ0n) is 8.64. The molecule has 2 rings (SSSR count). The van der Waals surface area contributed by atoms with Crippen LogP contribution in [0.1, 0.15) is 16.3 Å². The Kier molecular flexibility index (Phi) is 2.57. The van der Waals surface area contributed by atoms with Crippen LogP contribution in [0.25, 0.3) is 10.8 Å². The van der Waals surface area contributed by atoms with Gasteiger partial charge in [0.1, 0.15) is 4.88 Å². The largest absolute Gasteiger partial charge is 0.375 e. The molecule has 0 aliphatic carbocycles. The highest BCUT2D eigenvalue weighted by molar-refractivity contribution is 7.18. The van der Waals surface area contributed by atoms with E-state index in [1.165, 1.54) is 18.4 Å². The number of nitrogens with zero attached hydrogens (tertiary/aromatic N) is 3. The Morgan fingerprint density at radius 1 is 1.50 bits per heavy atom. The lowest BCUT2D eigenvalue weighted by Crippen LogP contribution is -2.19.